The first-order valence-corrected chi connectivity index (χ1v) is 8.93. The minimum absolute atomic E-state index is 0.00339. The molecule has 2 heterocycles. The molecule has 5 nitrogen and oxygen atoms in total. The standard InChI is InChI=1S/C20H23N3O2/c1-13-7-8-15-10-22(11-16(15)9-13)19(24)12-23-20(25)18-6-4-3-5-17(18)14(2)21-23/h3-7,15-16H,8-12H2,1-2H3/t15-,16+/m1/s1. The summed E-state index contributed by atoms with van der Waals surface area (Å²) in [5.74, 6) is 1.13. The predicted octanol–water partition coefficient (Wildman–Crippen LogP) is 2.52. The summed E-state index contributed by atoms with van der Waals surface area (Å²) in [4.78, 5) is 27.3. The quantitative estimate of drug-likeness (QED) is 0.791. The average Bonchev–Trinajstić information content (AvgIpc) is 3.02. The van der Waals surface area contributed by atoms with E-state index in [1.165, 1.54) is 10.3 Å². The van der Waals surface area contributed by atoms with Crippen LogP contribution in [0.15, 0.2) is 40.7 Å². The number of benzene rings is 1. The number of carbonyl (C=O) groups is 1. The van der Waals surface area contributed by atoms with E-state index in [9.17, 15) is 9.59 Å². The number of carbonyl (C=O) groups excluding carboxylic acids is 1. The Morgan fingerprint density at radius 3 is 2.68 bits per heavy atom. The summed E-state index contributed by atoms with van der Waals surface area (Å²) in [5.41, 5.74) is 2.01. The summed E-state index contributed by atoms with van der Waals surface area (Å²) < 4.78 is 1.32. The van der Waals surface area contributed by atoms with Crippen LogP contribution in [-0.2, 0) is 11.3 Å². The SMILES string of the molecule is CC1=CC[C@@H]2CN(C(=O)Cn3nc(C)c4ccccc4c3=O)C[C@@H]2C1. The molecule has 1 aliphatic carbocycles. The molecular weight excluding hydrogens is 314 g/mol. The van der Waals surface area contributed by atoms with Crippen LogP contribution in [0.3, 0.4) is 0 Å². The number of likely N-dealkylation sites (tertiary alicyclic amines) is 1. The summed E-state index contributed by atoms with van der Waals surface area (Å²) in [6.45, 7) is 5.67. The Labute approximate surface area is 146 Å². The minimum Gasteiger partial charge on any atom is -0.340 e. The summed E-state index contributed by atoms with van der Waals surface area (Å²) in [5, 5.41) is 5.84. The lowest BCUT2D eigenvalue weighted by Gasteiger charge is -2.21. The molecule has 25 heavy (non-hydrogen) atoms. The van der Waals surface area contributed by atoms with Crippen LogP contribution in [0.1, 0.15) is 25.5 Å². The minimum atomic E-state index is -0.191. The van der Waals surface area contributed by atoms with E-state index in [0.717, 1.165) is 37.0 Å². The lowest BCUT2D eigenvalue weighted by molar-refractivity contribution is -0.131. The lowest BCUT2D eigenvalue weighted by atomic mass is 9.83. The maximum Gasteiger partial charge on any atom is 0.275 e. The molecule has 1 amide bonds. The van der Waals surface area contributed by atoms with Crippen molar-refractivity contribution in [3.63, 3.8) is 0 Å². The number of amides is 1. The van der Waals surface area contributed by atoms with Gasteiger partial charge in [-0.2, -0.15) is 5.10 Å². The Bertz CT molecular complexity index is 928. The first-order valence-electron chi connectivity index (χ1n) is 8.93. The van der Waals surface area contributed by atoms with Crippen molar-refractivity contribution in [3.05, 3.63) is 52.0 Å². The fourth-order valence-corrected chi connectivity index (χ4v) is 4.23. The van der Waals surface area contributed by atoms with Gasteiger partial charge in [0.05, 0.1) is 11.1 Å². The largest absolute Gasteiger partial charge is 0.340 e. The van der Waals surface area contributed by atoms with E-state index in [4.69, 9.17) is 0 Å². The molecule has 2 atom stereocenters. The lowest BCUT2D eigenvalue weighted by Crippen LogP contribution is -2.36. The van der Waals surface area contributed by atoms with Gasteiger partial charge >= 0.3 is 0 Å². The second kappa shape index (κ2) is 6.14. The van der Waals surface area contributed by atoms with Crippen LogP contribution in [0.2, 0.25) is 0 Å². The van der Waals surface area contributed by atoms with Crippen molar-refractivity contribution < 1.29 is 4.79 Å². The van der Waals surface area contributed by atoms with E-state index in [1.54, 1.807) is 6.07 Å². The van der Waals surface area contributed by atoms with Gasteiger partial charge < -0.3 is 4.90 Å². The number of hydrogen-bond acceptors (Lipinski definition) is 3. The van der Waals surface area contributed by atoms with Crippen LogP contribution in [0.5, 0.6) is 0 Å². The first-order chi connectivity index (χ1) is 12.0. The van der Waals surface area contributed by atoms with Crippen LogP contribution in [-0.4, -0.2) is 33.7 Å². The Kier molecular flexibility index (Phi) is 3.94. The van der Waals surface area contributed by atoms with Gasteiger partial charge in [0, 0.05) is 18.5 Å². The summed E-state index contributed by atoms with van der Waals surface area (Å²) in [7, 11) is 0. The molecule has 0 radical (unpaired) electrons. The van der Waals surface area contributed by atoms with Gasteiger partial charge in [-0.15, -0.1) is 0 Å². The molecule has 5 heteroatoms. The topological polar surface area (TPSA) is 55.2 Å². The van der Waals surface area contributed by atoms with Gasteiger partial charge in [-0.25, -0.2) is 4.68 Å². The highest BCUT2D eigenvalue weighted by Gasteiger charge is 2.36. The third kappa shape index (κ3) is 2.88. The molecule has 2 aliphatic rings. The van der Waals surface area contributed by atoms with E-state index in [2.05, 4.69) is 18.1 Å². The molecule has 2 aromatic rings. The number of rotatable bonds is 2. The number of aromatic nitrogens is 2. The zero-order valence-electron chi connectivity index (χ0n) is 14.7. The number of allylic oxidation sites excluding steroid dienone is 2. The molecule has 1 fully saturated rings. The van der Waals surface area contributed by atoms with Gasteiger partial charge in [0.2, 0.25) is 5.91 Å². The smallest absolute Gasteiger partial charge is 0.275 e. The van der Waals surface area contributed by atoms with Crippen LogP contribution >= 0.6 is 0 Å². The monoisotopic (exact) mass is 337 g/mol. The predicted molar refractivity (Wildman–Crippen MR) is 97.3 cm³/mol. The van der Waals surface area contributed by atoms with Crippen molar-refractivity contribution in [2.45, 2.75) is 33.2 Å². The Morgan fingerprint density at radius 2 is 1.88 bits per heavy atom. The van der Waals surface area contributed by atoms with Crippen LogP contribution < -0.4 is 5.56 Å². The molecule has 0 spiro atoms. The van der Waals surface area contributed by atoms with Crippen molar-refractivity contribution in [2.75, 3.05) is 13.1 Å². The third-order valence-corrected chi connectivity index (χ3v) is 5.62. The molecule has 0 unspecified atom stereocenters. The van der Waals surface area contributed by atoms with Crippen LogP contribution in [0.25, 0.3) is 10.8 Å². The molecule has 0 saturated carbocycles. The molecular formula is C20H23N3O2. The van der Waals surface area contributed by atoms with Gasteiger partial charge in [-0.3, -0.25) is 9.59 Å². The Morgan fingerprint density at radius 1 is 1.16 bits per heavy atom. The van der Waals surface area contributed by atoms with E-state index >= 15 is 0 Å². The van der Waals surface area contributed by atoms with Crippen molar-refractivity contribution in [1.82, 2.24) is 14.7 Å². The van der Waals surface area contributed by atoms with Gasteiger partial charge in [0.15, 0.2) is 0 Å². The second-order valence-electron chi connectivity index (χ2n) is 7.40. The maximum atomic E-state index is 12.7. The number of hydrogen-bond donors (Lipinski definition) is 0. The molecule has 4 rings (SSSR count). The highest BCUT2D eigenvalue weighted by atomic mass is 16.2. The van der Waals surface area contributed by atoms with Gasteiger partial charge in [-0.05, 0) is 44.6 Å². The van der Waals surface area contributed by atoms with Gasteiger partial charge in [0.25, 0.3) is 5.56 Å². The fraction of sp³-hybridized carbons (Fsp3) is 0.450. The molecule has 1 aromatic carbocycles. The normalized spacial score (nSPS) is 22.8. The van der Waals surface area contributed by atoms with Gasteiger partial charge in [0.1, 0.15) is 6.54 Å². The Hall–Kier alpha value is -2.43. The second-order valence-corrected chi connectivity index (χ2v) is 7.40. The molecule has 1 aliphatic heterocycles. The van der Waals surface area contributed by atoms with Crippen molar-refractivity contribution >= 4 is 16.7 Å². The first kappa shape index (κ1) is 16.1. The van der Waals surface area contributed by atoms with Crippen LogP contribution in [0.4, 0.5) is 0 Å². The van der Waals surface area contributed by atoms with Crippen molar-refractivity contribution in [3.8, 4) is 0 Å². The maximum absolute atomic E-state index is 12.7. The number of aryl methyl sites for hydroxylation is 1. The average molecular weight is 337 g/mol. The zero-order valence-corrected chi connectivity index (χ0v) is 14.7. The van der Waals surface area contributed by atoms with E-state index in [1.807, 2.05) is 30.0 Å². The van der Waals surface area contributed by atoms with E-state index in [0.29, 0.717) is 17.2 Å². The van der Waals surface area contributed by atoms with E-state index < -0.39 is 0 Å². The summed E-state index contributed by atoms with van der Waals surface area (Å²) >= 11 is 0. The Balaban J connectivity index is 1.55. The van der Waals surface area contributed by atoms with Gasteiger partial charge in [-0.1, -0.05) is 29.8 Å². The zero-order chi connectivity index (χ0) is 17.6. The molecule has 0 bridgehead atoms. The molecule has 130 valence electrons. The molecule has 1 saturated heterocycles. The summed E-state index contributed by atoms with van der Waals surface area (Å²) in [6, 6.07) is 7.43. The summed E-state index contributed by atoms with van der Waals surface area (Å²) in [6.07, 6.45) is 4.45. The fourth-order valence-electron chi connectivity index (χ4n) is 4.23. The van der Waals surface area contributed by atoms with E-state index in [-0.39, 0.29) is 18.0 Å². The molecule has 1 aromatic heterocycles. The highest BCUT2D eigenvalue weighted by molar-refractivity contribution is 5.83. The highest BCUT2D eigenvalue weighted by Crippen LogP contribution is 2.35. The van der Waals surface area contributed by atoms with Crippen molar-refractivity contribution in [1.29, 1.82) is 0 Å². The van der Waals surface area contributed by atoms with Crippen LogP contribution in [0, 0.1) is 18.8 Å². The third-order valence-electron chi connectivity index (χ3n) is 5.62. The van der Waals surface area contributed by atoms with Crippen molar-refractivity contribution in [2.24, 2.45) is 11.8 Å². The number of nitrogens with zero attached hydrogens (tertiary/aromatic N) is 3. The molecule has 0 N–H and O–H groups in total. The number of fused-ring (bicyclic) bond motifs is 2.